The SMILES string of the molecule is CC(C)[C@@H](C)/C=C\[C@H](C)[C@H]1CC[C@H]2[C@@H]3CC=C4C[C@@H](O)CC[C@]4(C)[C@H]3CC[C@]12C. The number of allylic oxidation sites excluding steroid dienone is 3. The smallest absolute Gasteiger partial charge is 0.0577 e. The number of hydrogen-bond acceptors (Lipinski definition) is 1. The Kier molecular flexibility index (Phi) is 5.86. The summed E-state index contributed by atoms with van der Waals surface area (Å²) in [6, 6.07) is 0. The van der Waals surface area contributed by atoms with Crippen LogP contribution >= 0.6 is 0 Å². The maximum Gasteiger partial charge on any atom is 0.0577 e. The van der Waals surface area contributed by atoms with Crippen LogP contribution in [-0.2, 0) is 0 Å². The highest BCUT2D eigenvalue weighted by atomic mass is 16.3. The van der Waals surface area contributed by atoms with Gasteiger partial charge >= 0.3 is 0 Å². The van der Waals surface area contributed by atoms with Crippen LogP contribution in [0.4, 0.5) is 0 Å². The number of aliphatic hydroxyl groups is 1. The Hall–Kier alpha value is -0.560. The molecule has 9 atom stereocenters. The van der Waals surface area contributed by atoms with Crippen molar-refractivity contribution < 1.29 is 5.11 Å². The highest BCUT2D eigenvalue weighted by Crippen LogP contribution is 2.67. The first kappa shape index (κ1) is 21.7. The molecule has 4 aliphatic carbocycles. The second-order valence-electron chi connectivity index (χ2n) is 12.2. The van der Waals surface area contributed by atoms with Gasteiger partial charge in [-0.1, -0.05) is 65.3 Å². The van der Waals surface area contributed by atoms with E-state index in [1.165, 1.54) is 38.5 Å². The molecule has 0 aromatic carbocycles. The van der Waals surface area contributed by atoms with Crippen molar-refractivity contribution in [1.29, 1.82) is 0 Å². The van der Waals surface area contributed by atoms with Crippen LogP contribution in [-0.4, -0.2) is 11.2 Å². The molecule has 0 spiro atoms. The fraction of sp³-hybridized carbons (Fsp3) is 0.857. The molecule has 0 heterocycles. The normalized spacial score (nSPS) is 46.8. The van der Waals surface area contributed by atoms with Crippen LogP contribution in [0.1, 0.15) is 92.9 Å². The Labute approximate surface area is 180 Å². The molecule has 0 aromatic rings. The molecule has 3 fully saturated rings. The van der Waals surface area contributed by atoms with Gasteiger partial charge in [-0.2, -0.15) is 0 Å². The zero-order chi connectivity index (χ0) is 21.0. The summed E-state index contributed by atoms with van der Waals surface area (Å²) in [6.07, 6.45) is 17.7. The fourth-order valence-electron chi connectivity index (χ4n) is 8.25. The lowest BCUT2D eigenvalue weighted by molar-refractivity contribution is -0.0540. The fourth-order valence-corrected chi connectivity index (χ4v) is 8.25. The number of fused-ring (bicyclic) bond motifs is 5. The predicted octanol–water partition coefficient (Wildman–Crippen LogP) is 7.41. The van der Waals surface area contributed by atoms with Crippen molar-refractivity contribution in [2.24, 2.45) is 52.3 Å². The van der Waals surface area contributed by atoms with E-state index in [2.05, 4.69) is 59.8 Å². The maximum atomic E-state index is 10.2. The molecule has 0 bridgehead atoms. The molecule has 0 aliphatic heterocycles. The van der Waals surface area contributed by atoms with E-state index in [0.29, 0.717) is 22.7 Å². The summed E-state index contributed by atoms with van der Waals surface area (Å²) in [6.45, 7) is 14.7. The number of hydrogen-bond donors (Lipinski definition) is 1. The highest BCUT2D eigenvalue weighted by molar-refractivity contribution is 5.25. The minimum absolute atomic E-state index is 0.0866. The van der Waals surface area contributed by atoms with E-state index < -0.39 is 0 Å². The van der Waals surface area contributed by atoms with E-state index in [-0.39, 0.29) is 6.10 Å². The van der Waals surface area contributed by atoms with Crippen LogP contribution in [0, 0.1) is 52.3 Å². The summed E-state index contributed by atoms with van der Waals surface area (Å²) in [5, 5.41) is 10.2. The molecule has 1 heteroatoms. The van der Waals surface area contributed by atoms with Crippen LogP contribution in [0.25, 0.3) is 0 Å². The van der Waals surface area contributed by atoms with Crippen LogP contribution in [0.5, 0.6) is 0 Å². The Bertz CT molecular complexity index is 659. The summed E-state index contributed by atoms with van der Waals surface area (Å²) < 4.78 is 0. The first-order valence-electron chi connectivity index (χ1n) is 12.7. The van der Waals surface area contributed by atoms with Gasteiger partial charge in [0.1, 0.15) is 0 Å². The molecule has 0 aromatic heterocycles. The largest absolute Gasteiger partial charge is 0.393 e. The van der Waals surface area contributed by atoms with Crippen molar-refractivity contribution in [1.82, 2.24) is 0 Å². The van der Waals surface area contributed by atoms with Gasteiger partial charge in [-0.05, 0) is 104 Å². The van der Waals surface area contributed by atoms with Crippen molar-refractivity contribution in [3.8, 4) is 0 Å². The lowest BCUT2D eigenvalue weighted by Crippen LogP contribution is -2.50. The van der Waals surface area contributed by atoms with Gasteiger partial charge in [0.05, 0.1) is 6.10 Å². The molecule has 1 nitrogen and oxygen atoms in total. The summed E-state index contributed by atoms with van der Waals surface area (Å²) in [5.41, 5.74) is 2.51. The van der Waals surface area contributed by atoms with E-state index in [4.69, 9.17) is 0 Å². The van der Waals surface area contributed by atoms with Crippen molar-refractivity contribution in [3.63, 3.8) is 0 Å². The van der Waals surface area contributed by atoms with Gasteiger partial charge in [0.15, 0.2) is 0 Å². The standard InChI is InChI=1S/C28H46O/c1-18(2)19(3)7-8-20(4)24-11-12-25-23-10-9-21-17-22(29)13-15-27(21,5)26(23)14-16-28(24,25)6/h7-9,18-20,22-26,29H,10-17H2,1-6H3/b8-7-/t19-,20-,22-,23-,24+,25-,26-,27-,28+/m0/s1. The summed E-state index contributed by atoms with van der Waals surface area (Å²) in [7, 11) is 0. The molecular weight excluding hydrogens is 352 g/mol. The summed E-state index contributed by atoms with van der Waals surface area (Å²) in [5.74, 6) is 5.63. The third kappa shape index (κ3) is 3.58. The predicted molar refractivity (Wildman–Crippen MR) is 124 cm³/mol. The average molecular weight is 399 g/mol. The molecule has 164 valence electrons. The molecule has 0 saturated heterocycles. The Morgan fingerprint density at radius 1 is 0.966 bits per heavy atom. The third-order valence-electron chi connectivity index (χ3n) is 10.6. The van der Waals surface area contributed by atoms with Gasteiger partial charge in [-0.3, -0.25) is 0 Å². The molecule has 0 amide bonds. The van der Waals surface area contributed by atoms with E-state index in [0.717, 1.165) is 42.4 Å². The lowest BCUT2D eigenvalue weighted by atomic mass is 9.47. The minimum atomic E-state index is -0.0866. The Morgan fingerprint density at radius 3 is 2.45 bits per heavy atom. The zero-order valence-electron chi connectivity index (χ0n) is 20.0. The second kappa shape index (κ2) is 7.85. The minimum Gasteiger partial charge on any atom is -0.393 e. The van der Waals surface area contributed by atoms with Gasteiger partial charge in [-0.25, -0.2) is 0 Å². The van der Waals surface area contributed by atoms with Crippen LogP contribution in [0.3, 0.4) is 0 Å². The summed E-state index contributed by atoms with van der Waals surface area (Å²) in [4.78, 5) is 0. The van der Waals surface area contributed by atoms with Gasteiger partial charge < -0.3 is 5.11 Å². The van der Waals surface area contributed by atoms with Crippen LogP contribution in [0.15, 0.2) is 23.8 Å². The number of aliphatic hydroxyl groups excluding tert-OH is 1. The molecule has 4 aliphatic rings. The van der Waals surface area contributed by atoms with Crippen molar-refractivity contribution in [2.75, 3.05) is 0 Å². The second-order valence-corrected chi connectivity index (χ2v) is 12.2. The zero-order valence-corrected chi connectivity index (χ0v) is 20.0. The van der Waals surface area contributed by atoms with E-state index >= 15 is 0 Å². The van der Waals surface area contributed by atoms with Crippen molar-refractivity contribution in [2.45, 2.75) is 99.0 Å². The van der Waals surface area contributed by atoms with E-state index in [1.807, 2.05) is 0 Å². The topological polar surface area (TPSA) is 20.2 Å². The van der Waals surface area contributed by atoms with Gasteiger partial charge in [0.2, 0.25) is 0 Å². The Morgan fingerprint density at radius 2 is 1.72 bits per heavy atom. The molecule has 0 radical (unpaired) electrons. The molecule has 4 rings (SSSR count). The lowest BCUT2D eigenvalue weighted by Gasteiger charge is -2.58. The molecule has 1 N–H and O–H groups in total. The summed E-state index contributed by atoms with van der Waals surface area (Å²) >= 11 is 0. The molecule has 29 heavy (non-hydrogen) atoms. The third-order valence-corrected chi connectivity index (χ3v) is 10.6. The van der Waals surface area contributed by atoms with Crippen LogP contribution < -0.4 is 0 Å². The first-order valence-corrected chi connectivity index (χ1v) is 12.7. The maximum absolute atomic E-state index is 10.2. The van der Waals surface area contributed by atoms with Gasteiger partial charge in [0.25, 0.3) is 0 Å². The van der Waals surface area contributed by atoms with E-state index in [9.17, 15) is 5.11 Å². The van der Waals surface area contributed by atoms with Crippen LogP contribution in [0.2, 0.25) is 0 Å². The molecule has 3 saturated carbocycles. The quantitative estimate of drug-likeness (QED) is 0.489. The van der Waals surface area contributed by atoms with E-state index in [1.54, 1.807) is 5.57 Å². The average Bonchev–Trinajstić information content (AvgIpc) is 3.03. The van der Waals surface area contributed by atoms with Gasteiger partial charge in [0, 0.05) is 0 Å². The highest BCUT2D eigenvalue weighted by Gasteiger charge is 2.58. The monoisotopic (exact) mass is 398 g/mol. The molecule has 0 unspecified atom stereocenters. The van der Waals surface area contributed by atoms with Crippen molar-refractivity contribution >= 4 is 0 Å². The first-order chi connectivity index (χ1) is 13.7. The van der Waals surface area contributed by atoms with Gasteiger partial charge in [-0.15, -0.1) is 0 Å². The Balaban J connectivity index is 1.53. The van der Waals surface area contributed by atoms with Crippen molar-refractivity contribution in [3.05, 3.63) is 23.8 Å². The molecular formula is C28H46O. The number of rotatable bonds is 4.